The first-order valence-corrected chi connectivity index (χ1v) is 6.81. The summed E-state index contributed by atoms with van der Waals surface area (Å²) in [5.41, 5.74) is 6.17. The second-order valence-electron chi connectivity index (χ2n) is 5.38. The minimum Gasteiger partial charge on any atom is -0.502 e. The molecule has 1 amide bonds. The van der Waals surface area contributed by atoms with E-state index in [0.29, 0.717) is 24.0 Å². The summed E-state index contributed by atoms with van der Waals surface area (Å²) in [6.45, 7) is 5.60. The zero-order valence-corrected chi connectivity index (χ0v) is 13.0. The molecule has 1 rings (SSSR count). The molecule has 3 N–H and O–H groups in total. The number of hydrogen-bond acceptors (Lipinski definition) is 5. The van der Waals surface area contributed by atoms with Crippen LogP contribution in [-0.2, 0) is 11.3 Å². The number of phenolic OH excluding ortho intramolecular Hbond substituents is 1. The lowest BCUT2D eigenvalue weighted by atomic mass is 10.1. The Morgan fingerprint density at radius 1 is 1.29 bits per heavy atom. The maximum Gasteiger partial charge on any atom is 0.231 e. The average molecular weight is 296 g/mol. The van der Waals surface area contributed by atoms with Gasteiger partial charge >= 0.3 is 0 Å². The van der Waals surface area contributed by atoms with Crippen molar-refractivity contribution in [3.05, 3.63) is 17.7 Å². The van der Waals surface area contributed by atoms with Gasteiger partial charge in [-0.15, -0.1) is 0 Å². The Morgan fingerprint density at radius 3 is 2.19 bits per heavy atom. The van der Waals surface area contributed by atoms with Crippen LogP contribution in [0.5, 0.6) is 17.2 Å². The summed E-state index contributed by atoms with van der Waals surface area (Å²) in [4.78, 5) is 13.1. The molecule has 0 bridgehead atoms. The lowest BCUT2D eigenvalue weighted by molar-refractivity contribution is -0.119. The first-order chi connectivity index (χ1) is 9.87. The number of carbonyl (C=O) groups excluding carboxylic acids is 1. The topological polar surface area (TPSA) is 85.0 Å². The van der Waals surface area contributed by atoms with Crippen LogP contribution in [0, 0.1) is 5.92 Å². The summed E-state index contributed by atoms with van der Waals surface area (Å²) in [6.07, 6.45) is 0. The third-order valence-corrected chi connectivity index (χ3v) is 2.95. The van der Waals surface area contributed by atoms with Gasteiger partial charge in [-0.2, -0.15) is 0 Å². The van der Waals surface area contributed by atoms with Crippen molar-refractivity contribution in [1.82, 2.24) is 4.90 Å². The number of benzene rings is 1. The Hall–Kier alpha value is -1.95. The Balaban J connectivity index is 2.99. The van der Waals surface area contributed by atoms with Gasteiger partial charge in [-0.3, -0.25) is 9.69 Å². The molecular formula is C15H24N2O4. The molecule has 0 saturated heterocycles. The molecule has 21 heavy (non-hydrogen) atoms. The van der Waals surface area contributed by atoms with Crippen LogP contribution in [0.25, 0.3) is 0 Å². The number of aromatic hydroxyl groups is 1. The van der Waals surface area contributed by atoms with Gasteiger partial charge in [0.05, 0.1) is 20.8 Å². The number of nitrogens with zero attached hydrogens (tertiary/aromatic N) is 1. The molecular weight excluding hydrogens is 272 g/mol. The van der Waals surface area contributed by atoms with E-state index in [1.54, 1.807) is 12.1 Å². The largest absolute Gasteiger partial charge is 0.502 e. The van der Waals surface area contributed by atoms with Crippen LogP contribution in [0.4, 0.5) is 0 Å². The minimum atomic E-state index is -0.367. The van der Waals surface area contributed by atoms with Crippen LogP contribution in [0.3, 0.4) is 0 Å². The summed E-state index contributed by atoms with van der Waals surface area (Å²) in [6, 6.07) is 3.46. The number of primary amides is 1. The summed E-state index contributed by atoms with van der Waals surface area (Å²) in [7, 11) is 2.96. The zero-order chi connectivity index (χ0) is 16.0. The number of rotatable bonds is 8. The van der Waals surface area contributed by atoms with Crippen molar-refractivity contribution in [2.75, 3.05) is 27.3 Å². The van der Waals surface area contributed by atoms with Gasteiger partial charge < -0.3 is 20.3 Å². The van der Waals surface area contributed by atoms with Crippen LogP contribution in [0.15, 0.2) is 12.1 Å². The molecule has 1 aromatic carbocycles. The highest BCUT2D eigenvalue weighted by Gasteiger charge is 2.15. The second-order valence-corrected chi connectivity index (χ2v) is 5.38. The molecule has 1 aromatic rings. The van der Waals surface area contributed by atoms with E-state index >= 15 is 0 Å². The highest BCUT2D eigenvalue weighted by atomic mass is 16.5. The average Bonchev–Trinajstić information content (AvgIpc) is 2.38. The van der Waals surface area contributed by atoms with E-state index < -0.39 is 0 Å². The molecule has 0 heterocycles. The fourth-order valence-electron chi connectivity index (χ4n) is 2.22. The molecule has 0 atom stereocenters. The molecule has 0 aliphatic heterocycles. The highest BCUT2D eigenvalue weighted by Crippen LogP contribution is 2.37. The summed E-state index contributed by atoms with van der Waals surface area (Å²) >= 11 is 0. The quantitative estimate of drug-likeness (QED) is 0.756. The predicted octanol–water partition coefficient (Wildman–Crippen LogP) is 1.35. The number of ether oxygens (including phenoxy) is 2. The fraction of sp³-hybridized carbons (Fsp3) is 0.533. The van der Waals surface area contributed by atoms with Crippen molar-refractivity contribution < 1.29 is 19.4 Å². The molecule has 118 valence electrons. The molecule has 6 nitrogen and oxygen atoms in total. The van der Waals surface area contributed by atoms with Crippen LogP contribution in [0.1, 0.15) is 19.4 Å². The van der Waals surface area contributed by atoms with E-state index in [1.165, 1.54) is 14.2 Å². The standard InChI is InChI=1S/C15H24N2O4/c1-10(2)7-17(9-14(16)18)8-11-5-12(20-3)15(19)13(6-11)21-4/h5-6,10,19H,7-9H2,1-4H3,(H2,16,18). The predicted molar refractivity (Wildman–Crippen MR) is 80.5 cm³/mol. The lowest BCUT2D eigenvalue weighted by Gasteiger charge is -2.23. The maximum absolute atomic E-state index is 11.2. The van der Waals surface area contributed by atoms with E-state index in [-0.39, 0.29) is 18.2 Å². The normalized spacial score (nSPS) is 11.0. The van der Waals surface area contributed by atoms with E-state index in [4.69, 9.17) is 15.2 Å². The SMILES string of the molecule is COc1cc(CN(CC(N)=O)CC(C)C)cc(OC)c1O. The Kier molecular flexibility index (Phi) is 6.30. The Labute approximate surface area is 125 Å². The number of amides is 1. The number of hydrogen-bond donors (Lipinski definition) is 2. The molecule has 0 fully saturated rings. The van der Waals surface area contributed by atoms with Gasteiger partial charge in [0.1, 0.15) is 0 Å². The lowest BCUT2D eigenvalue weighted by Crippen LogP contribution is -2.35. The van der Waals surface area contributed by atoms with Gasteiger partial charge in [-0.25, -0.2) is 0 Å². The van der Waals surface area contributed by atoms with Gasteiger partial charge in [0.25, 0.3) is 0 Å². The number of nitrogens with two attached hydrogens (primary N) is 1. The van der Waals surface area contributed by atoms with Crippen molar-refractivity contribution in [1.29, 1.82) is 0 Å². The van der Waals surface area contributed by atoms with Crippen LogP contribution >= 0.6 is 0 Å². The van der Waals surface area contributed by atoms with Crippen molar-refractivity contribution in [3.63, 3.8) is 0 Å². The molecule has 0 saturated carbocycles. The number of phenols is 1. The van der Waals surface area contributed by atoms with Crippen LogP contribution < -0.4 is 15.2 Å². The van der Waals surface area contributed by atoms with Crippen LogP contribution in [0.2, 0.25) is 0 Å². The van der Waals surface area contributed by atoms with E-state index in [0.717, 1.165) is 12.1 Å². The van der Waals surface area contributed by atoms with E-state index in [9.17, 15) is 9.90 Å². The summed E-state index contributed by atoms with van der Waals surface area (Å²) in [5, 5.41) is 9.90. The van der Waals surface area contributed by atoms with Crippen molar-refractivity contribution in [2.24, 2.45) is 11.7 Å². The maximum atomic E-state index is 11.2. The van der Waals surface area contributed by atoms with Crippen molar-refractivity contribution in [2.45, 2.75) is 20.4 Å². The Morgan fingerprint density at radius 2 is 1.81 bits per heavy atom. The third-order valence-electron chi connectivity index (χ3n) is 2.95. The van der Waals surface area contributed by atoms with Gasteiger partial charge in [-0.1, -0.05) is 13.8 Å². The smallest absolute Gasteiger partial charge is 0.231 e. The minimum absolute atomic E-state index is 0.0333. The zero-order valence-electron chi connectivity index (χ0n) is 13.0. The molecule has 0 aliphatic rings. The van der Waals surface area contributed by atoms with Crippen molar-refractivity contribution in [3.8, 4) is 17.2 Å². The van der Waals surface area contributed by atoms with Crippen LogP contribution in [-0.4, -0.2) is 43.2 Å². The highest BCUT2D eigenvalue weighted by molar-refractivity contribution is 5.75. The molecule has 6 heteroatoms. The van der Waals surface area contributed by atoms with E-state index in [2.05, 4.69) is 13.8 Å². The van der Waals surface area contributed by atoms with E-state index in [1.807, 2.05) is 4.90 Å². The first kappa shape index (κ1) is 17.1. The van der Waals surface area contributed by atoms with Gasteiger partial charge in [0.15, 0.2) is 11.5 Å². The molecule has 0 radical (unpaired) electrons. The summed E-state index contributed by atoms with van der Waals surface area (Å²) < 4.78 is 10.3. The van der Waals surface area contributed by atoms with Gasteiger partial charge in [0.2, 0.25) is 11.7 Å². The van der Waals surface area contributed by atoms with Gasteiger partial charge in [-0.05, 0) is 23.6 Å². The molecule has 0 aromatic heterocycles. The second kappa shape index (κ2) is 7.73. The van der Waals surface area contributed by atoms with Crippen molar-refractivity contribution >= 4 is 5.91 Å². The Bertz CT molecular complexity index is 464. The third kappa shape index (κ3) is 5.15. The fourth-order valence-corrected chi connectivity index (χ4v) is 2.22. The monoisotopic (exact) mass is 296 g/mol. The molecule has 0 unspecified atom stereocenters. The molecule has 0 spiro atoms. The number of methoxy groups -OCH3 is 2. The van der Waals surface area contributed by atoms with Gasteiger partial charge in [0, 0.05) is 13.1 Å². The first-order valence-electron chi connectivity index (χ1n) is 6.81. The summed E-state index contributed by atoms with van der Waals surface area (Å²) in [5.74, 6) is 0.688. The molecule has 0 aliphatic carbocycles. The number of carbonyl (C=O) groups is 1.